The van der Waals surface area contributed by atoms with E-state index in [1.54, 1.807) is 6.07 Å². The van der Waals surface area contributed by atoms with Gasteiger partial charge in [-0.3, -0.25) is 4.79 Å². The highest BCUT2D eigenvalue weighted by Crippen LogP contribution is 2.30. The number of rotatable bonds is 4. The van der Waals surface area contributed by atoms with Gasteiger partial charge in [0, 0.05) is 12.6 Å². The maximum Gasteiger partial charge on any atom is 0.264 e. The number of hydrogen-bond acceptors (Lipinski definition) is 4. The fourth-order valence-electron chi connectivity index (χ4n) is 1.62. The number of carbonyl (C=O) groups is 1. The van der Waals surface area contributed by atoms with Crippen LogP contribution in [-0.2, 0) is 4.79 Å². The first-order valence-corrected chi connectivity index (χ1v) is 6.04. The van der Waals surface area contributed by atoms with Crippen molar-refractivity contribution in [2.75, 3.05) is 20.2 Å². The van der Waals surface area contributed by atoms with E-state index in [2.05, 4.69) is 10.6 Å². The SMILES string of the molecule is CNC(C)CNC(=O)C1COc2ccccc2O1. The van der Waals surface area contributed by atoms with E-state index in [1.165, 1.54) is 0 Å². The smallest absolute Gasteiger partial charge is 0.264 e. The van der Waals surface area contributed by atoms with Gasteiger partial charge in [0.15, 0.2) is 11.5 Å². The van der Waals surface area contributed by atoms with E-state index in [9.17, 15) is 4.79 Å². The second-order valence-corrected chi connectivity index (χ2v) is 4.30. The number of para-hydroxylation sites is 2. The lowest BCUT2D eigenvalue weighted by atomic mass is 10.2. The third kappa shape index (κ3) is 2.92. The maximum atomic E-state index is 11.9. The molecule has 1 heterocycles. The first kappa shape index (κ1) is 12.7. The number of amides is 1. The summed E-state index contributed by atoms with van der Waals surface area (Å²) in [6.45, 7) is 2.81. The molecule has 0 saturated carbocycles. The molecule has 1 aromatic rings. The van der Waals surface area contributed by atoms with Crippen LogP contribution < -0.4 is 20.1 Å². The second kappa shape index (κ2) is 5.73. The van der Waals surface area contributed by atoms with Crippen molar-refractivity contribution in [2.24, 2.45) is 0 Å². The molecule has 98 valence electrons. The van der Waals surface area contributed by atoms with Gasteiger partial charge in [0.1, 0.15) is 6.61 Å². The summed E-state index contributed by atoms with van der Waals surface area (Å²) in [5.41, 5.74) is 0. The Bertz CT molecular complexity index is 422. The van der Waals surface area contributed by atoms with Gasteiger partial charge in [-0.2, -0.15) is 0 Å². The molecule has 0 fully saturated rings. The van der Waals surface area contributed by atoms with Crippen molar-refractivity contribution in [1.29, 1.82) is 0 Å². The number of hydrogen-bond donors (Lipinski definition) is 2. The highest BCUT2D eigenvalue weighted by Gasteiger charge is 2.27. The summed E-state index contributed by atoms with van der Waals surface area (Å²) in [5.74, 6) is 1.15. The fourth-order valence-corrected chi connectivity index (χ4v) is 1.62. The lowest BCUT2D eigenvalue weighted by Gasteiger charge is -2.26. The van der Waals surface area contributed by atoms with Gasteiger partial charge in [-0.1, -0.05) is 12.1 Å². The Labute approximate surface area is 106 Å². The number of nitrogens with one attached hydrogen (secondary N) is 2. The molecule has 2 N–H and O–H groups in total. The number of fused-ring (bicyclic) bond motifs is 1. The van der Waals surface area contributed by atoms with Crippen molar-refractivity contribution >= 4 is 5.91 Å². The second-order valence-electron chi connectivity index (χ2n) is 4.30. The van der Waals surface area contributed by atoms with Gasteiger partial charge in [0.25, 0.3) is 5.91 Å². The van der Waals surface area contributed by atoms with Gasteiger partial charge in [0.2, 0.25) is 6.10 Å². The zero-order chi connectivity index (χ0) is 13.0. The summed E-state index contributed by atoms with van der Waals surface area (Å²) in [6.07, 6.45) is -0.580. The van der Waals surface area contributed by atoms with E-state index in [4.69, 9.17) is 9.47 Å². The van der Waals surface area contributed by atoms with Gasteiger partial charge >= 0.3 is 0 Å². The Morgan fingerprint density at radius 1 is 1.44 bits per heavy atom. The lowest BCUT2D eigenvalue weighted by Crippen LogP contribution is -2.47. The van der Waals surface area contributed by atoms with Crippen molar-refractivity contribution < 1.29 is 14.3 Å². The van der Waals surface area contributed by atoms with Gasteiger partial charge in [0.05, 0.1) is 0 Å². The summed E-state index contributed by atoms with van der Waals surface area (Å²) in [7, 11) is 1.85. The predicted octanol–water partition coefficient (Wildman–Crippen LogP) is 0.551. The largest absolute Gasteiger partial charge is 0.485 e. The van der Waals surface area contributed by atoms with Crippen molar-refractivity contribution in [3.63, 3.8) is 0 Å². The predicted molar refractivity (Wildman–Crippen MR) is 67.9 cm³/mol. The third-order valence-corrected chi connectivity index (χ3v) is 2.88. The van der Waals surface area contributed by atoms with E-state index in [0.717, 1.165) is 0 Å². The molecule has 0 radical (unpaired) electrons. The van der Waals surface area contributed by atoms with Crippen LogP contribution in [0.1, 0.15) is 6.92 Å². The van der Waals surface area contributed by atoms with Crippen LogP contribution in [0.25, 0.3) is 0 Å². The Hall–Kier alpha value is -1.75. The minimum absolute atomic E-state index is 0.147. The first-order valence-electron chi connectivity index (χ1n) is 6.04. The molecule has 0 spiro atoms. The summed E-state index contributed by atoms with van der Waals surface area (Å²) < 4.78 is 11.1. The van der Waals surface area contributed by atoms with Gasteiger partial charge in [-0.25, -0.2) is 0 Å². The summed E-state index contributed by atoms with van der Waals surface area (Å²) in [4.78, 5) is 11.9. The minimum atomic E-state index is -0.580. The molecular formula is C13H18N2O3. The van der Waals surface area contributed by atoms with E-state index >= 15 is 0 Å². The van der Waals surface area contributed by atoms with Crippen molar-refractivity contribution in [3.8, 4) is 11.5 Å². The van der Waals surface area contributed by atoms with Crippen LogP contribution in [0, 0.1) is 0 Å². The Kier molecular flexibility index (Phi) is 4.04. The molecule has 2 atom stereocenters. The maximum absolute atomic E-state index is 11.9. The molecule has 0 saturated heterocycles. The fraction of sp³-hybridized carbons (Fsp3) is 0.462. The molecule has 1 aliphatic rings. The van der Waals surface area contributed by atoms with Crippen LogP contribution in [0.5, 0.6) is 11.5 Å². The molecule has 0 aliphatic carbocycles. The van der Waals surface area contributed by atoms with E-state index in [-0.39, 0.29) is 18.6 Å². The van der Waals surface area contributed by atoms with E-state index in [0.29, 0.717) is 18.0 Å². The van der Waals surface area contributed by atoms with Crippen LogP contribution in [0.2, 0.25) is 0 Å². The lowest BCUT2D eigenvalue weighted by molar-refractivity contribution is -0.130. The van der Waals surface area contributed by atoms with Crippen LogP contribution in [-0.4, -0.2) is 38.3 Å². The molecule has 1 aromatic carbocycles. The first-order chi connectivity index (χ1) is 8.70. The van der Waals surface area contributed by atoms with Gasteiger partial charge < -0.3 is 20.1 Å². The zero-order valence-corrected chi connectivity index (χ0v) is 10.6. The van der Waals surface area contributed by atoms with Gasteiger partial charge in [-0.05, 0) is 26.1 Å². The summed E-state index contributed by atoms with van der Waals surface area (Å²) >= 11 is 0. The van der Waals surface area contributed by atoms with Gasteiger partial charge in [-0.15, -0.1) is 0 Å². The highest BCUT2D eigenvalue weighted by molar-refractivity contribution is 5.81. The van der Waals surface area contributed by atoms with Crippen molar-refractivity contribution in [1.82, 2.24) is 10.6 Å². The average molecular weight is 250 g/mol. The molecule has 0 bridgehead atoms. The molecule has 5 heteroatoms. The standard InChI is InChI=1S/C13H18N2O3/c1-9(14-2)7-15-13(16)12-8-17-10-5-3-4-6-11(10)18-12/h3-6,9,12,14H,7-8H2,1-2H3,(H,15,16). The molecule has 2 unspecified atom stereocenters. The number of ether oxygens (including phenoxy) is 2. The zero-order valence-electron chi connectivity index (χ0n) is 10.6. The number of benzene rings is 1. The van der Waals surface area contributed by atoms with Crippen LogP contribution in [0.4, 0.5) is 0 Å². The molecular weight excluding hydrogens is 232 g/mol. The monoisotopic (exact) mass is 250 g/mol. The Morgan fingerprint density at radius 3 is 2.89 bits per heavy atom. The topological polar surface area (TPSA) is 59.6 Å². The van der Waals surface area contributed by atoms with Crippen LogP contribution in [0.15, 0.2) is 24.3 Å². The normalized spacial score (nSPS) is 19.1. The minimum Gasteiger partial charge on any atom is -0.485 e. The number of carbonyl (C=O) groups excluding carboxylic acids is 1. The highest BCUT2D eigenvalue weighted by atomic mass is 16.6. The van der Waals surface area contributed by atoms with Crippen molar-refractivity contribution in [2.45, 2.75) is 19.1 Å². The molecule has 1 amide bonds. The quantitative estimate of drug-likeness (QED) is 0.819. The summed E-state index contributed by atoms with van der Waals surface area (Å²) in [6, 6.07) is 7.58. The van der Waals surface area contributed by atoms with Crippen molar-refractivity contribution in [3.05, 3.63) is 24.3 Å². The summed E-state index contributed by atoms with van der Waals surface area (Å²) in [5, 5.41) is 5.88. The molecule has 5 nitrogen and oxygen atoms in total. The van der Waals surface area contributed by atoms with E-state index in [1.807, 2.05) is 32.2 Å². The molecule has 1 aliphatic heterocycles. The molecule has 18 heavy (non-hydrogen) atoms. The molecule has 0 aromatic heterocycles. The third-order valence-electron chi connectivity index (χ3n) is 2.88. The van der Waals surface area contributed by atoms with E-state index < -0.39 is 6.10 Å². The molecule has 2 rings (SSSR count). The average Bonchev–Trinajstić information content (AvgIpc) is 2.43. The Balaban J connectivity index is 1.90. The number of likely N-dealkylation sites (N-methyl/N-ethyl adjacent to an activating group) is 1. The van der Waals surface area contributed by atoms with Crippen LogP contribution >= 0.6 is 0 Å². The Morgan fingerprint density at radius 2 is 2.17 bits per heavy atom. The van der Waals surface area contributed by atoms with Crippen LogP contribution in [0.3, 0.4) is 0 Å².